The van der Waals surface area contributed by atoms with Gasteiger partial charge in [-0.1, -0.05) is 0 Å². The molecular weight excluding hydrogens is 260 g/mol. The van der Waals surface area contributed by atoms with Gasteiger partial charge in [0.25, 0.3) is 0 Å². The Bertz CT molecular complexity index is 277. The van der Waals surface area contributed by atoms with Gasteiger partial charge in [-0.15, -0.1) is 0 Å². The molecule has 0 amide bonds. The van der Waals surface area contributed by atoms with Gasteiger partial charge in [-0.05, 0) is 34.7 Å². The minimum Gasteiger partial charge on any atom is -0.398 e. The van der Waals surface area contributed by atoms with Gasteiger partial charge in [-0.3, -0.25) is 0 Å². The summed E-state index contributed by atoms with van der Waals surface area (Å²) in [6.45, 7) is -0.310. The standard InChI is InChI=1S/C7H7FINO/c8-5-1-2-6(10)7(9)4(5)3-11/h1-2,11H,3,10H2. The lowest BCUT2D eigenvalue weighted by molar-refractivity contribution is 0.275. The number of hydrogen-bond acceptors (Lipinski definition) is 2. The first-order valence-corrected chi connectivity index (χ1v) is 4.08. The van der Waals surface area contributed by atoms with Crippen molar-refractivity contribution in [2.45, 2.75) is 6.61 Å². The number of anilines is 1. The second-order valence-corrected chi connectivity index (χ2v) is 3.17. The first-order valence-electron chi connectivity index (χ1n) is 3.00. The van der Waals surface area contributed by atoms with Crippen LogP contribution >= 0.6 is 22.6 Å². The van der Waals surface area contributed by atoms with E-state index < -0.39 is 5.82 Å². The minimum absolute atomic E-state index is 0.269. The predicted octanol–water partition coefficient (Wildman–Crippen LogP) is 1.50. The molecule has 0 heterocycles. The molecule has 0 unspecified atom stereocenters. The normalized spacial score (nSPS) is 10.1. The Hall–Kier alpha value is -0.360. The Morgan fingerprint density at radius 1 is 1.55 bits per heavy atom. The van der Waals surface area contributed by atoms with Crippen LogP contribution in [0.5, 0.6) is 0 Å². The summed E-state index contributed by atoms with van der Waals surface area (Å²) in [7, 11) is 0. The van der Waals surface area contributed by atoms with E-state index >= 15 is 0 Å². The maximum Gasteiger partial charge on any atom is 0.129 e. The molecule has 1 rings (SSSR count). The third-order valence-electron chi connectivity index (χ3n) is 1.37. The number of benzene rings is 1. The van der Waals surface area contributed by atoms with Gasteiger partial charge in [0.2, 0.25) is 0 Å². The van der Waals surface area contributed by atoms with Gasteiger partial charge in [-0.25, -0.2) is 4.39 Å². The zero-order chi connectivity index (χ0) is 8.43. The molecule has 0 saturated heterocycles. The molecule has 0 atom stereocenters. The molecule has 1 aromatic rings. The van der Waals surface area contributed by atoms with Gasteiger partial charge < -0.3 is 10.8 Å². The second-order valence-electron chi connectivity index (χ2n) is 2.09. The van der Waals surface area contributed by atoms with Gasteiger partial charge in [0.05, 0.1) is 6.61 Å². The predicted molar refractivity (Wildman–Crippen MR) is 49.5 cm³/mol. The van der Waals surface area contributed by atoms with E-state index in [0.717, 1.165) is 0 Å². The minimum atomic E-state index is -0.411. The van der Waals surface area contributed by atoms with Crippen LogP contribution in [0.25, 0.3) is 0 Å². The highest BCUT2D eigenvalue weighted by atomic mass is 127. The van der Waals surface area contributed by atoms with Crippen LogP contribution < -0.4 is 5.73 Å². The van der Waals surface area contributed by atoms with E-state index in [1.165, 1.54) is 12.1 Å². The Morgan fingerprint density at radius 3 is 2.64 bits per heavy atom. The van der Waals surface area contributed by atoms with E-state index in [1.54, 1.807) is 0 Å². The van der Waals surface area contributed by atoms with Crippen molar-refractivity contribution in [3.05, 3.63) is 27.1 Å². The van der Waals surface area contributed by atoms with Crippen molar-refractivity contribution in [1.82, 2.24) is 0 Å². The average Bonchev–Trinajstić information content (AvgIpc) is 1.99. The van der Waals surface area contributed by atoms with Crippen LogP contribution in [0.15, 0.2) is 12.1 Å². The molecule has 0 radical (unpaired) electrons. The molecule has 0 spiro atoms. The molecule has 1 aromatic carbocycles. The van der Waals surface area contributed by atoms with Crippen molar-refractivity contribution in [2.75, 3.05) is 5.73 Å². The molecule has 0 aliphatic rings. The average molecular weight is 267 g/mol. The summed E-state index contributed by atoms with van der Waals surface area (Å²) in [6.07, 6.45) is 0. The summed E-state index contributed by atoms with van der Waals surface area (Å²) in [5.74, 6) is -0.411. The van der Waals surface area contributed by atoms with Crippen molar-refractivity contribution in [1.29, 1.82) is 0 Å². The number of aliphatic hydroxyl groups excluding tert-OH is 1. The SMILES string of the molecule is Nc1ccc(F)c(CO)c1I. The van der Waals surface area contributed by atoms with Crippen molar-refractivity contribution >= 4 is 28.3 Å². The van der Waals surface area contributed by atoms with E-state index in [9.17, 15) is 4.39 Å². The fourth-order valence-corrected chi connectivity index (χ4v) is 1.37. The van der Waals surface area contributed by atoms with Crippen LogP contribution in [-0.4, -0.2) is 5.11 Å². The van der Waals surface area contributed by atoms with Crippen molar-refractivity contribution < 1.29 is 9.50 Å². The second kappa shape index (κ2) is 3.36. The van der Waals surface area contributed by atoms with E-state index in [4.69, 9.17) is 10.8 Å². The fraction of sp³-hybridized carbons (Fsp3) is 0.143. The van der Waals surface area contributed by atoms with Gasteiger partial charge in [-0.2, -0.15) is 0 Å². The van der Waals surface area contributed by atoms with Gasteiger partial charge in [0.15, 0.2) is 0 Å². The number of nitrogen functional groups attached to an aromatic ring is 1. The van der Waals surface area contributed by atoms with E-state index in [1.807, 2.05) is 22.6 Å². The maximum absolute atomic E-state index is 12.8. The molecule has 2 nitrogen and oxygen atoms in total. The van der Waals surface area contributed by atoms with E-state index in [0.29, 0.717) is 9.26 Å². The summed E-state index contributed by atoms with van der Waals surface area (Å²) in [4.78, 5) is 0. The summed E-state index contributed by atoms with van der Waals surface area (Å²) in [5.41, 5.74) is 6.25. The highest BCUT2D eigenvalue weighted by Crippen LogP contribution is 2.21. The van der Waals surface area contributed by atoms with E-state index in [2.05, 4.69) is 0 Å². The lowest BCUT2D eigenvalue weighted by Gasteiger charge is -2.04. The first-order chi connectivity index (χ1) is 5.16. The topological polar surface area (TPSA) is 46.2 Å². The van der Waals surface area contributed by atoms with Crippen LogP contribution in [0, 0.1) is 9.39 Å². The largest absolute Gasteiger partial charge is 0.398 e. The van der Waals surface area contributed by atoms with Crippen LogP contribution in [-0.2, 0) is 6.61 Å². The molecule has 0 bridgehead atoms. The number of rotatable bonds is 1. The molecule has 0 aliphatic carbocycles. The summed E-state index contributed by atoms with van der Waals surface area (Å²) < 4.78 is 13.4. The Kier molecular flexibility index (Phi) is 2.67. The highest BCUT2D eigenvalue weighted by Gasteiger charge is 2.07. The monoisotopic (exact) mass is 267 g/mol. The van der Waals surface area contributed by atoms with Crippen LogP contribution in [0.3, 0.4) is 0 Å². The molecule has 11 heavy (non-hydrogen) atoms. The molecular formula is C7H7FINO. The highest BCUT2D eigenvalue weighted by molar-refractivity contribution is 14.1. The zero-order valence-corrected chi connectivity index (χ0v) is 7.80. The summed E-state index contributed by atoms with van der Waals surface area (Å²) >= 11 is 1.91. The lowest BCUT2D eigenvalue weighted by Crippen LogP contribution is -1.98. The summed E-state index contributed by atoms with van der Waals surface area (Å²) in [5, 5.41) is 8.72. The Labute approximate surface area is 77.4 Å². The quantitative estimate of drug-likeness (QED) is 0.598. The fourth-order valence-electron chi connectivity index (χ4n) is 0.761. The van der Waals surface area contributed by atoms with Crippen LogP contribution in [0.1, 0.15) is 5.56 Å². The van der Waals surface area contributed by atoms with Gasteiger partial charge >= 0.3 is 0 Å². The summed E-state index contributed by atoms with van der Waals surface area (Å²) in [6, 6.07) is 2.74. The van der Waals surface area contributed by atoms with Crippen LogP contribution in [0.4, 0.5) is 10.1 Å². The van der Waals surface area contributed by atoms with Crippen molar-refractivity contribution in [2.24, 2.45) is 0 Å². The van der Waals surface area contributed by atoms with Gasteiger partial charge in [0.1, 0.15) is 5.82 Å². The molecule has 0 saturated carbocycles. The molecule has 3 N–H and O–H groups in total. The Balaban J connectivity index is 3.29. The first kappa shape index (κ1) is 8.73. The number of halogens is 2. The third-order valence-corrected chi connectivity index (χ3v) is 2.65. The Morgan fingerprint density at radius 2 is 2.18 bits per heavy atom. The zero-order valence-electron chi connectivity index (χ0n) is 5.64. The lowest BCUT2D eigenvalue weighted by atomic mass is 10.2. The molecule has 0 aromatic heterocycles. The number of hydrogen-bond donors (Lipinski definition) is 2. The van der Waals surface area contributed by atoms with Gasteiger partial charge in [0, 0.05) is 14.8 Å². The molecule has 0 fully saturated rings. The third kappa shape index (κ3) is 1.62. The van der Waals surface area contributed by atoms with Crippen molar-refractivity contribution in [3.63, 3.8) is 0 Å². The van der Waals surface area contributed by atoms with E-state index in [-0.39, 0.29) is 12.2 Å². The maximum atomic E-state index is 12.8. The van der Waals surface area contributed by atoms with Crippen LogP contribution in [0.2, 0.25) is 0 Å². The molecule has 0 aliphatic heterocycles. The number of nitrogens with two attached hydrogens (primary N) is 1. The molecule has 60 valence electrons. The number of aliphatic hydroxyl groups is 1. The molecule has 4 heteroatoms. The van der Waals surface area contributed by atoms with Crippen molar-refractivity contribution in [3.8, 4) is 0 Å². The smallest absolute Gasteiger partial charge is 0.129 e.